The van der Waals surface area contributed by atoms with E-state index in [1.807, 2.05) is 0 Å². The van der Waals surface area contributed by atoms with E-state index >= 15 is 0 Å². The summed E-state index contributed by atoms with van der Waals surface area (Å²) in [5.74, 6) is -0.265. The van der Waals surface area contributed by atoms with Gasteiger partial charge in [-0.1, -0.05) is 6.08 Å². The molecule has 0 spiro atoms. The van der Waals surface area contributed by atoms with Crippen LogP contribution in [0.4, 0.5) is 0 Å². The SMILES string of the molecule is CS(=O)(=O)CC1=CC(N)=CCC1S(C)(=O)=O. The maximum absolute atomic E-state index is 11.5. The molecule has 0 amide bonds. The van der Waals surface area contributed by atoms with E-state index in [2.05, 4.69) is 0 Å². The highest BCUT2D eigenvalue weighted by atomic mass is 32.2. The molecule has 0 aromatic carbocycles. The van der Waals surface area contributed by atoms with Crippen LogP contribution >= 0.6 is 0 Å². The van der Waals surface area contributed by atoms with Gasteiger partial charge in [0.15, 0.2) is 19.7 Å². The second-order valence-electron chi connectivity index (χ2n) is 4.05. The number of hydrogen-bond donors (Lipinski definition) is 1. The van der Waals surface area contributed by atoms with E-state index in [1.165, 1.54) is 6.08 Å². The summed E-state index contributed by atoms with van der Waals surface area (Å²) in [5.41, 5.74) is 6.31. The minimum atomic E-state index is -3.30. The largest absolute Gasteiger partial charge is 0.399 e. The van der Waals surface area contributed by atoms with E-state index in [-0.39, 0.29) is 12.2 Å². The third kappa shape index (κ3) is 3.64. The van der Waals surface area contributed by atoms with Gasteiger partial charge in [0.05, 0.1) is 11.0 Å². The van der Waals surface area contributed by atoms with E-state index < -0.39 is 24.9 Å². The Morgan fingerprint density at radius 2 is 1.88 bits per heavy atom. The summed E-state index contributed by atoms with van der Waals surface area (Å²) in [6, 6.07) is 0. The molecule has 7 heteroatoms. The predicted molar refractivity (Wildman–Crippen MR) is 63.3 cm³/mol. The summed E-state index contributed by atoms with van der Waals surface area (Å²) in [4.78, 5) is 0. The maximum Gasteiger partial charge on any atom is 0.154 e. The molecule has 0 fully saturated rings. The van der Waals surface area contributed by atoms with Crippen molar-refractivity contribution in [2.45, 2.75) is 11.7 Å². The van der Waals surface area contributed by atoms with Gasteiger partial charge >= 0.3 is 0 Å². The van der Waals surface area contributed by atoms with Gasteiger partial charge in [0.2, 0.25) is 0 Å². The molecule has 5 nitrogen and oxygen atoms in total. The number of nitrogens with two attached hydrogens (primary N) is 1. The van der Waals surface area contributed by atoms with E-state index in [4.69, 9.17) is 5.73 Å². The fraction of sp³-hybridized carbons (Fsp3) is 0.556. The van der Waals surface area contributed by atoms with Crippen LogP contribution in [0.3, 0.4) is 0 Å². The zero-order valence-electron chi connectivity index (χ0n) is 9.17. The van der Waals surface area contributed by atoms with Crippen LogP contribution in [-0.2, 0) is 19.7 Å². The van der Waals surface area contributed by atoms with Crippen molar-refractivity contribution in [3.63, 3.8) is 0 Å². The Bertz CT molecular complexity index is 540. The summed E-state index contributed by atoms with van der Waals surface area (Å²) in [7, 11) is -6.56. The molecule has 0 aromatic rings. The van der Waals surface area contributed by atoms with Crippen molar-refractivity contribution in [2.24, 2.45) is 5.73 Å². The predicted octanol–water partition coefficient (Wildman–Crippen LogP) is -0.383. The molecular weight excluding hydrogens is 250 g/mol. The van der Waals surface area contributed by atoms with E-state index in [0.717, 1.165) is 12.5 Å². The minimum Gasteiger partial charge on any atom is -0.399 e. The van der Waals surface area contributed by atoms with Gasteiger partial charge in [0.25, 0.3) is 0 Å². The quantitative estimate of drug-likeness (QED) is 0.750. The monoisotopic (exact) mass is 265 g/mol. The smallest absolute Gasteiger partial charge is 0.154 e. The molecule has 0 aromatic heterocycles. The van der Waals surface area contributed by atoms with Gasteiger partial charge in [-0.3, -0.25) is 0 Å². The van der Waals surface area contributed by atoms with Crippen LogP contribution in [0.15, 0.2) is 23.4 Å². The lowest BCUT2D eigenvalue weighted by Gasteiger charge is -2.20. The molecule has 0 bridgehead atoms. The standard InChI is InChI=1S/C9H15NO4S2/c1-15(11,12)6-7-5-8(10)3-4-9(7)16(2,13)14/h3,5,9H,4,6,10H2,1-2H3. The zero-order valence-corrected chi connectivity index (χ0v) is 10.8. The van der Waals surface area contributed by atoms with Crippen molar-refractivity contribution in [3.05, 3.63) is 23.4 Å². The van der Waals surface area contributed by atoms with Crippen LogP contribution in [0, 0.1) is 0 Å². The second-order valence-corrected chi connectivity index (χ2v) is 8.42. The van der Waals surface area contributed by atoms with E-state index in [0.29, 0.717) is 11.3 Å². The first kappa shape index (κ1) is 13.2. The lowest BCUT2D eigenvalue weighted by atomic mass is 10.0. The average Bonchev–Trinajstić information content (AvgIpc) is 1.97. The lowest BCUT2D eigenvalue weighted by molar-refractivity contribution is 0.590. The minimum absolute atomic E-state index is 0.242. The van der Waals surface area contributed by atoms with Crippen LogP contribution in [0.5, 0.6) is 0 Å². The van der Waals surface area contributed by atoms with Crippen LogP contribution in [-0.4, -0.2) is 40.3 Å². The summed E-state index contributed by atoms with van der Waals surface area (Å²) in [6.45, 7) is 0. The molecule has 2 N–H and O–H groups in total. The topological polar surface area (TPSA) is 94.3 Å². The van der Waals surface area contributed by atoms with Crippen molar-refractivity contribution >= 4 is 19.7 Å². The summed E-state index contributed by atoms with van der Waals surface area (Å²) in [6.07, 6.45) is 5.45. The second kappa shape index (κ2) is 4.21. The fourth-order valence-corrected chi connectivity index (χ4v) is 3.79. The Balaban J connectivity index is 3.13. The number of allylic oxidation sites excluding steroid dienone is 2. The highest BCUT2D eigenvalue weighted by molar-refractivity contribution is 7.92. The van der Waals surface area contributed by atoms with Gasteiger partial charge in [-0.15, -0.1) is 0 Å². The molecule has 0 saturated carbocycles. The molecule has 0 heterocycles. The Hall–Kier alpha value is -0.820. The lowest BCUT2D eigenvalue weighted by Crippen LogP contribution is -2.28. The fourth-order valence-electron chi connectivity index (χ4n) is 1.65. The van der Waals surface area contributed by atoms with Crippen LogP contribution < -0.4 is 5.73 Å². The number of rotatable bonds is 3. The van der Waals surface area contributed by atoms with Crippen molar-refractivity contribution in [2.75, 3.05) is 18.3 Å². The van der Waals surface area contributed by atoms with Gasteiger partial charge in [-0.2, -0.15) is 0 Å². The van der Waals surface area contributed by atoms with Gasteiger partial charge in [-0.25, -0.2) is 16.8 Å². The number of hydrogen-bond acceptors (Lipinski definition) is 5. The number of sulfone groups is 2. The third-order valence-electron chi connectivity index (χ3n) is 2.28. The molecule has 0 saturated heterocycles. The summed E-state index contributed by atoms with van der Waals surface area (Å²) in [5, 5.41) is -0.769. The van der Waals surface area contributed by atoms with E-state index in [1.54, 1.807) is 6.08 Å². The van der Waals surface area contributed by atoms with Crippen molar-refractivity contribution in [1.29, 1.82) is 0 Å². The molecular formula is C9H15NO4S2. The van der Waals surface area contributed by atoms with Crippen molar-refractivity contribution in [1.82, 2.24) is 0 Å². The highest BCUT2D eigenvalue weighted by Crippen LogP contribution is 2.23. The van der Waals surface area contributed by atoms with Gasteiger partial charge in [0.1, 0.15) is 0 Å². The Kier molecular flexibility index (Phi) is 3.49. The Labute approximate surface area is 95.9 Å². The highest BCUT2D eigenvalue weighted by Gasteiger charge is 2.28. The van der Waals surface area contributed by atoms with Crippen molar-refractivity contribution in [3.8, 4) is 0 Å². The van der Waals surface area contributed by atoms with Gasteiger partial charge in [-0.05, 0) is 18.1 Å². The van der Waals surface area contributed by atoms with Crippen LogP contribution in [0.25, 0.3) is 0 Å². The molecule has 1 atom stereocenters. The zero-order chi connectivity index (χ0) is 12.6. The van der Waals surface area contributed by atoms with Crippen molar-refractivity contribution < 1.29 is 16.8 Å². The first-order valence-corrected chi connectivity index (χ1v) is 8.64. The van der Waals surface area contributed by atoms with Crippen LogP contribution in [0.1, 0.15) is 6.42 Å². The first-order chi connectivity index (χ1) is 7.09. The molecule has 16 heavy (non-hydrogen) atoms. The molecule has 92 valence electrons. The third-order valence-corrected chi connectivity index (χ3v) is 4.67. The average molecular weight is 265 g/mol. The molecule has 0 aliphatic heterocycles. The molecule has 1 unspecified atom stereocenters. The summed E-state index contributed by atoms with van der Waals surface area (Å²) < 4.78 is 45.3. The Morgan fingerprint density at radius 3 is 2.31 bits per heavy atom. The Morgan fingerprint density at radius 1 is 1.31 bits per heavy atom. The van der Waals surface area contributed by atoms with Crippen LogP contribution in [0.2, 0.25) is 0 Å². The van der Waals surface area contributed by atoms with Gasteiger partial charge < -0.3 is 5.73 Å². The van der Waals surface area contributed by atoms with Gasteiger partial charge in [0, 0.05) is 18.2 Å². The molecule has 0 radical (unpaired) electrons. The van der Waals surface area contributed by atoms with E-state index in [9.17, 15) is 16.8 Å². The first-order valence-electron chi connectivity index (χ1n) is 4.62. The molecule has 1 rings (SSSR count). The molecule has 1 aliphatic rings. The summed E-state index contributed by atoms with van der Waals surface area (Å²) >= 11 is 0. The normalized spacial score (nSPS) is 22.5. The molecule has 1 aliphatic carbocycles. The maximum atomic E-state index is 11.5.